The van der Waals surface area contributed by atoms with Gasteiger partial charge in [0.25, 0.3) is 5.91 Å². The number of carbonyl (C=O) groups excluding carboxylic acids is 1. The van der Waals surface area contributed by atoms with Crippen LogP contribution in [0.2, 0.25) is 0 Å². The van der Waals surface area contributed by atoms with E-state index >= 15 is 0 Å². The first-order valence-electron chi connectivity index (χ1n) is 5.40. The minimum Gasteiger partial charge on any atom is -0.382 e. The maximum atomic E-state index is 12.7. The molecule has 0 bridgehead atoms. The third kappa shape index (κ3) is 2.42. The van der Waals surface area contributed by atoms with Crippen molar-refractivity contribution < 1.29 is 18.0 Å². The van der Waals surface area contributed by atoms with Gasteiger partial charge in [0.15, 0.2) is 5.82 Å². The molecule has 0 fully saturated rings. The lowest BCUT2D eigenvalue weighted by Gasteiger charge is -2.10. The number of nitrogens with zero attached hydrogens (tertiary/aromatic N) is 3. The highest BCUT2D eigenvalue weighted by atomic mass is 19.4. The Morgan fingerprint density at radius 2 is 2.00 bits per heavy atom. The van der Waals surface area contributed by atoms with Crippen molar-refractivity contribution in [2.45, 2.75) is 13.1 Å². The SMILES string of the molecule is Cc1cn(-c2nc(C(F)(F)F)ccc2C(N)=O)nc1N. The highest BCUT2D eigenvalue weighted by molar-refractivity contribution is 5.95. The summed E-state index contributed by atoms with van der Waals surface area (Å²) < 4.78 is 39.0. The van der Waals surface area contributed by atoms with E-state index in [4.69, 9.17) is 11.5 Å². The van der Waals surface area contributed by atoms with Gasteiger partial charge in [0, 0.05) is 11.8 Å². The summed E-state index contributed by atoms with van der Waals surface area (Å²) in [7, 11) is 0. The van der Waals surface area contributed by atoms with Gasteiger partial charge in [-0.3, -0.25) is 4.79 Å². The summed E-state index contributed by atoms with van der Waals surface area (Å²) in [6, 6.07) is 1.64. The fourth-order valence-electron chi connectivity index (χ4n) is 1.56. The van der Waals surface area contributed by atoms with Gasteiger partial charge in [-0.2, -0.15) is 13.2 Å². The first-order valence-corrected chi connectivity index (χ1v) is 5.40. The minimum absolute atomic E-state index is 0.125. The molecule has 0 aromatic carbocycles. The summed E-state index contributed by atoms with van der Waals surface area (Å²) in [5, 5.41) is 3.80. The fourth-order valence-corrected chi connectivity index (χ4v) is 1.56. The summed E-state index contributed by atoms with van der Waals surface area (Å²) in [6.45, 7) is 1.62. The Bertz CT molecular complexity index is 658. The van der Waals surface area contributed by atoms with Gasteiger partial charge < -0.3 is 11.5 Å². The Labute approximate surface area is 111 Å². The standard InChI is InChI=1S/C11H10F3N5O/c1-5-4-19(18-8(5)15)10-6(9(16)20)2-3-7(17-10)11(12,13)14/h2-4H,1H3,(H2,15,18)(H2,16,20). The van der Waals surface area contributed by atoms with Crippen molar-refractivity contribution in [2.24, 2.45) is 5.73 Å². The van der Waals surface area contributed by atoms with Gasteiger partial charge in [0.2, 0.25) is 0 Å². The Hall–Kier alpha value is -2.58. The summed E-state index contributed by atoms with van der Waals surface area (Å²) in [4.78, 5) is 14.7. The van der Waals surface area contributed by atoms with Crippen LogP contribution in [-0.4, -0.2) is 20.7 Å². The van der Waals surface area contributed by atoms with Crippen LogP contribution in [0.4, 0.5) is 19.0 Å². The number of alkyl halides is 3. The number of halogens is 3. The predicted octanol–water partition coefficient (Wildman–Crippen LogP) is 1.28. The molecule has 9 heteroatoms. The number of nitrogens with two attached hydrogens (primary N) is 2. The van der Waals surface area contributed by atoms with E-state index in [1.165, 1.54) is 6.20 Å². The number of aromatic nitrogens is 3. The molecule has 2 aromatic rings. The molecule has 0 aliphatic carbocycles. The smallest absolute Gasteiger partial charge is 0.382 e. The lowest BCUT2D eigenvalue weighted by molar-refractivity contribution is -0.141. The zero-order chi connectivity index (χ0) is 15.1. The van der Waals surface area contributed by atoms with E-state index in [0.717, 1.165) is 10.7 Å². The molecule has 0 aliphatic rings. The van der Waals surface area contributed by atoms with Gasteiger partial charge in [-0.15, -0.1) is 5.10 Å². The second-order valence-electron chi connectivity index (χ2n) is 4.07. The normalized spacial score (nSPS) is 11.6. The van der Waals surface area contributed by atoms with Crippen LogP contribution in [0.5, 0.6) is 0 Å². The number of hydrogen-bond acceptors (Lipinski definition) is 4. The molecule has 2 heterocycles. The van der Waals surface area contributed by atoms with Crippen molar-refractivity contribution >= 4 is 11.7 Å². The summed E-state index contributed by atoms with van der Waals surface area (Å²) >= 11 is 0. The van der Waals surface area contributed by atoms with E-state index in [1.807, 2.05) is 0 Å². The molecule has 0 saturated heterocycles. The minimum atomic E-state index is -4.64. The van der Waals surface area contributed by atoms with E-state index < -0.39 is 17.8 Å². The van der Waals surface area contributed by atoms with Gasteiger partial charge >= 0.3 is 6.18 Å². The van der Waals surface area contributed by atoms with Crippen molar-refractivity contribution in [1.29, 1.82) is 0 Å². The number of hydrogen-bond donors (Lipinski definition) is 2. The molecule has 0 saturated carbocycles. The van der Waals surface area contributed by atoms with Crippen molar-refractivity contribution in [3.8, 4) is 5.82 Å². The molecule has 1 amide bonds. The molecule has 0 unspecified atom stereocenters. The van der Waals surface area contributed by atoms with Crippen molar-refractivity contribution in [1.82, 2.24) is 14.8 Å². The molecule has 0 aliphatic heterocycles. The van der Waals surface area contributed by atoms with E-state index in [0.29, 0.717) is 11.6 Å². The fraction of sp³-hybridized carbons (Fsp3) is 0.182. The molecule has 2 rings (SSSR count). The first kappa shape index (κ1) is 13.8. The highest BCUT2D eigenvalue weighted by Gasteiger charge is 2.33. The second-order valence-corrected chi connectivity index (χ2v) is 4.07. The molecule has 106 valence electrons. The van der Waals surface area contributed by atoms with Crippen LogP contribution in [0.25, 0.3) is 5.82 Å². The highest BCUT2D eigenvalue weighted by Crippen LogP contribution is 2.29. The molecule has 20 heavy (non-hydrogen) atoms. The van der Waals surface area contributed by atoms with Crippen LogP contribution < -0.4 is 11.5 Å². The second kappa shape index (κ2) is 4.51. The maximum Gasteiger partial charge on any atom is 0.433 e. The van der Waals surface area contributed by atoms with Crippen LogP contribution in [-0.2, 0) is 6.18 Å². The monoisotopic (exact) mass is 285 g/mol. The zero-order valence-electron chi connectivity index (χ0n) is 10.3. The van der Waals surface area contributed by atoms with Crippen LogP contribution in [0, 0.1) is 6.92 Å². The van der Waals surface area contributed by atoms with Crippen molar-refractivity contribution in [3.63, 3.8) is 0 Å². The summed E-state index contributed by atoms with van der Waals surface area (Å²) in [5.74, 6) is -1.10. The third-order valence-electron chi connectivity index (χ3n) is 2.58. The number of anilines is 1. The topological polar surface area (TPSA) is 99.8 Å². The average Bonchev–Trinajstić information content (AvgIpc) is 2.67. The molecule has 0 atom stereocenters. The van der Waals surface area contributed by atoms with Crippen LogP contribution in [0.15, 0.2) is 18.3 Å². The average molecular weight is 285 g/mol. The predicted molar refractivity (Wildman–Crippen MR) is 64.0 cm³/mol. The summed E-state index contributed by atoms with van der Waals surface area (Å²) in [5.41, 5.74) is 9.87. The largest absolute Gasteiger partial charge is 0.433 e. The number of nitrogen functional groups attached to an aromatic ring is 1. The molecule has 0 spiro atoms. The molecular weight excluding hydrogens is 275 g/mol. The molecular formula is C11H10F3N5O. The molecule has 0 radical (unpaired) electrons. The van der Waals surface area contributed by atoms with Crippen molar-refractivity contribution in [3.05, 3.63) is 35.2 Å². The summed E-state index contributed by atoms with van der Waals surface area (Å²) in [6.07, 6.45) is -3.27. The van der Waals surface area contributed by atoms with Crippen LogP contribution >= 0.6 is 0 Å². The van der Waals surface area contributed by atoms with Gasteiger partial charge in [-0.1, -0.05) is 0 Å². The third-order valence-corrected chi connectivity index (χ3v) is 2.58. The van der Waals surface area contributed by atoms with E-state index in [9.17, 15) is 18.0 Å². The van der Waals surface area contributed by atoms with Crippen molar-refractivity contribution in [2.75, 3.05) is 5.73 Å². The van der Waals surface area contributed by atoms with E-state index in [-0.39, 0.29) is 17.2 Å². The number of amides is 1. The van der Waals surface area contributed by atoms with E-state index in [1.54, 1.807) is 6.92 Å². The number of rotatable bonds is 2. The number of primary amides is 1. The number of carbonyl (C=O) groups is 1. The van der Waals surface area contributed by atoms with Crippen LogP contribution in [0.1, 0.15) is 21.6 Å². The van der Waals surface area contributed by atoms with Gasteiger partial charge in [-0.25, -0.2) is 9.67 Å². The Morgan fingerprint density at radius 3 is 2.45 bits per heavy atom. The number of aryl methyl sites for hydroxylation is 1. The quantitative estimate of drug-likeness (QED) is 0.867. The number of pyridine rings is 1. The molecule has 6 nitrogen and oxygen atoms in total. The zero-order valence-corrected chi connectivity index (χ0v) is 10.3. The Balaban J connectivity index is 2.67. The van der Waals surface area contributed by atoms with E-state index in [2.05, 4.69) is 10.1 Å². The van der Waals surface area contributed by atoms with Crippen LogP contribution in [0.3, 0.4) is 0 Å². The Morgan fingerprint density at radius 1 is 1.35 bits per heavy atom. The lowest BCUT2D eigenvalue weighted by atomic mass is 10.2. The first-order chi connectivity index (χ1) is 9.20. The molecule has 4 N–H and O–H groups in total. The van der Waals surface area contributed by atoms with Gasteiger partial charge in [-0.05, 0) is 19.1 Å². The Kier molecular flexibility index (Phi) is 3.12. The maximum absolute atomic E-state index is 12.7. The molecule has 2 aromatic heterocycles. The van der Waals surface area contributed by atoms with Gasteiger partial charge in [0.1, 0.15) is 11.5 Å². The van der Waals surface area contributed by atoms with Gasteiger partial charge in [0.05, 0.1) is 5.56 Å². The lowest BCUT2D eigenvalue weighted by Crippen LogP contribution is -2.19.